The molecule has 3 N–H and O–H groups in total. The summed E-state index contributed by atoms with van der Waals surface area (Å²) in [7, 11) is 0. The number of aromatic nitrogens is 2. The molecule has 92 valence electrons. The van der Waals surface area contributed by atoms with E-state index in [0.717, 1.165) is 23.2 Å². The van der Waals surface area contributed by atoms with Gasteiger partial charge in [-0.25, -0.2) is 4.52 Å². The average Bonchev–Trinajstić information content (AvgIpc) is 2.67. The van der Waals surface area contributed by atoms with Crippen LogP contribution in [-0.2, 0) is 6.42 Å². The van der Waals surface area contributed by atoms with Crippen molar-refractivity contribution in [3.05, 3.63) is 23.4 Å². The van der Waals surface area contributed by atoms with Crippen LogP contribution >= 0.6 is 0 Å². The lowest BCUT2D eigenvalue weighted by molar-refractivity contribution is 0.197. The van der Waals surface area contributed by atoms with Crippen LogP contribution in [0, 0.1) is 6.92 Å². The molecular weight excluding hydrogens is 218 g/mol. The third-order valence-electron chi connectivity index (χ3n) is 2.76. The molecule has 0 saturated heterocycles. The van der Waals surface area contributed by atoms with E-state index >= 15 is 0 Å². The summed E-state index contributed by atoms with van der Waals surface area (Å²) in [6, 6.07) is 4.06. The highest BCUT2D eigenvalue weighted by molar-refractivity contribution is 5.78. The van der Waals surface area contributed by atoms with Crippen LogP contribution in [0.1, 0.15) is 18.2 Å². The maximum absolute atomic E-state index is 8.75. The Morgan fingerprint density at radius 3 is 2.88 bits per heavy atom. The zero-order valence-electron chi connectivity index (χ0n) is 10.1. The molecule has 0 amide bonds. The summed E-state index contributed by atoms with van der Waals surface area (Å²) in [6.45, 7) is 4.20. The number of anilines is 1. The first-order valence-corrected chi connectivity index (χ1v) is 5.69. The van der Waals surface area contributed by atoms with E-state index in [2.05, 4.69) is 18.1 Å². The van der Waals surface area contributed by atoms with Crippen LogP contribution in [0.4, 0.5) is 5.69 Å². The third kappa shape index (κ3) is 1.93. The van der Waals surface area contributed by atoms with Crippen molar-refractivity contribution in [2.75, 3.05) is 18.9 Å². The number of aliphatic hydroxyl groups is 1. The summed E-state index contributed by atoms with van der Waals surface area (Å²) < 4.78 is 7.11. The monoisotopic (exact) mass is 235 g/mol. The quantitative estimate of drug-likeness (QED) is 0.834. The minimum Gasteiger partial charge on any atom is -0.473 e. The number of nitrogens with two attached hydrogens (primary N) is 1. The number of pyridine rings is 1. The molecule has 0 aromatic carbocycles. The summed E-state index contributed by atoms with van der Waals surface area (Å²) in [5, 5.41) is 13.1. The molecule has 17 heavy (non-hydrogen) atoms. The molecule has 2 aromatic rings. The molecule has 2 heterocycles. The maximum Gasteiger partial charge on any atom is 0.257 e. The predicted octanol–water partition coefficient (Wildman–Crippen LogP) is 1.16. The van der Waals surface area contributed by atoms with Crippen molar-refractivity contribution < 1.29 is 9.84 Å². The van der Waals surface area contributed by atoms with Gasteiger partial charge in [-0.15, -0.1) is 5.10 Å². The van der Waals surface area contributed by atoms with Gasteiger partial charge in [0.1, 0.15) is 12.3 Å². The van der Waals surface area contributed by atoms with E-state index in [4.69, 9.17) is 15.6 Å². The van der Waals surface area contributed by atoms with E-state index in [1.165, 1.54) is 0 Å². The van der Waals surface area contributed by atoms with Crippen molar-refractivity contribution in [1.29, 1.82) is 0 Å². The topological polar surface area (TPSA) is 72.8 Å². The Hall–Kier alpha value is -1.75. The third-order valence-corrected chi connectivity index (χ3v) is 2.76. The van der Waals surface area contributed by atoms with E-state index in [-0.39, 0.29) is 13.2 Å². The summed E-state index contributed by atoms with van der Waals surface area (Å²) in [5.41, 5.74) is 9.62. The van der Waals surface area contributed by atoms with Crippen LogP contribution in [0.2, 0.25) is 0 Å². The van der Waals surface area contributed by atoms with Crippen LogP contribution in [-0.4, -0.2) is 27.9 Å². The largest absolute Gasteiger partial charge is 0.473 e. The molecule has 5 heteroatoms. The van der Waals surface area contributed by atoms with Gasteiger partial charge in [0.25, 0.3) is 5.88 Å². The number of hydrogen-bond donors (Lipinski definition) is 2. The molecular formula is C12H17N3O2. The molecule has 0 fully saturated rings. The lowest BCUT2D eigenvalue weighted by Crippen LogP contribution is -2.03. The Morgan fingerprint density at radius 2 is 2.24 bits per heavy atom. The first kappa shape index (κ1) is 11.7. The first-order chi connectivity index (χ1) is 8.19. The summed E-state index contributed by atoms with van der Waals surface area (Å²) in [5.74, 6) is 0.392. The van der Waals surface area contributed by atoms with Crippen LogP contribution < -0.4 is 10.5 Å². The minimum absolute atomic E-state index is 0.0487. The lowest BCUT2D eigenvalue weighted by atomic mass is 10.1. The zero-order valence-corrected chi connectivity index (χ0v) is 10.1. The standard InChI is InChI=1S/C12H17N3O2/c1-3-9-5-4-8(2)15-11(9)10(13)12(14-15)17-7-6-16/h4-5,16H,3,6-7,13H2,1-2H3. The Morgan fingerprint density at radius 1 is 1.47 bits per heavy atom. The van der Waals surface area contributed by atoms with E-state index in [9.17, 15) is 0 Å². The van der Waals surface area contributed by atoms with Gasteiger partial charge in [-0.1, -0.05) is 13.0 Å². The number of rotatable bonds is 4. The van der Waals surface area contributed by atoms with Crippen molar-refractivity contribution >= 4 is 11.2 Å². The normalized spacial score (nSPS) is 11.0. The van der Waals surface area contributed by atoms with Gasteiger partial charge in [0.05, 0.1) is 12.1 Å². The summed E-state index contributed by atoms with van der Waals surface area (Å²) >= 11 is 0. The van der Waals surface area contributed by atoms with Crippen LogP contribution in [0.25, 0.3) is 5.52 Å². The lowest BCUT2D eigenvalue weighted by Gasteiger charge is -2.03. The predicted molar refractivity (Wildman–Crippen MR) is 66.3 cm³/mol. The average molecular weight is 235 g/mol. The Bertz CT molecular complexity index is 534. The van der Waals surface area contributed by atoms with Crippen LogP contribution in [0.5, 0.6) is 5.88 Å². The van der Waals surface area contributed by atoms with Crippen molar-refractivity contribution in [2.24, 2.45) is 0 Å². The van der Waals surface area contributed by atoms with Gasteiger partial charge >= 0.3 is 0 Å². The number of hydrogen-bond acceptors (Lipinski definition) is 4. The number of aliphatic hydroxyl groups excluding tert-OH is 1. The van der Waals surface area contributed by atoms with Crippen molar-refractivity contribution in [3.8, 4) is 5.88 Å². The minimum atomic E-state index is -0.0487. The number of ether oxygens (including phenoxy) is 1. The summed E-state index contributed by atoms with van der Waals surface area (Å²) in [6.07, 6.45) is 0.888. The Balaban J connectivity index is 2.59. The van der Waals surface area contributed by atoms with E-state index in [1.807, 2.05) is 13.0 Å². The van der Waals surface area contributed by atoms with Crippen molar-refractivity contribution in [1.82, 2.24) is 9.61 Å². The molecule has 0 aliphatic carbocycles. The van der Waals surface area contributed by atoms with Gasteiger partial charge in [-0.3, -0.25) is 0 Å². The Labute approximate surface area is 99.8 Å². The van der Waals surface area contributed by atoms with Crippen LogP contribution in [0.3, 0.4) is 0 Å². The molecule has 0 radical (unpaired) electrons. The van der Waals surface area contributed by atoms with E-state index in [1.54, 1.807) is 4.52 Å². The van der Waals surface area contributed by atoms with Crippen molar-refractivity contribution in [3.63, 3.8) is 0 Å². The highest BCUT2D eigenvalue weighted by atomic mass is 16.5. The van der Waals surface area contributed by atoms with Gasteiger partial charge in [-0.2, -0.15) is 0 Å². The second kappa shape index (κ2) is 4.63. The molecule has 0 saturated carbocycles. The molecule has 0 unspecified atom stereocenters. The van der Waals surface area contributed by atoms with Gasteiger partial charge < -0.3 is 15.6 Å². The highest BCUT2D eigenvalue weighted by Crippen LogP contribution is 2.29. The second-order valence-corrected chi connectivity index (χ2v) is 3.90. The fraction of sp³-hybridized carbons (Fsp3) is 0.417. The SMILES string of the molecule is CCc1ccc(C)n2nc(OCCO)c(N)c12. The fourth-order valence-electron chi connectivity index (χ4n) is 1.88. The van der Waals surface area contributed by atoms with Gasteiger partial charge in [0, 0.05) is 5.69 Å². The number of nitrogens with zero attached hydrogens (tertiary/aromatic N) is 2. The Kier molecular flexibility index (Phi) is 3.19. The number of nitrogen functional groups attached to an aromatic ring is 1. The molecule has 0 atom stereocenters. The smallest absolute Gasteiger partial charge is 0.257 e. The van der Waals surface area contributed by atoms with E-state index in [0.29, 0.717) is 11.6 Å². The molecule has 0 aliphatic rings. The van der Waals surface area contributed by atoms with Gasteiger partial charge in [0.2, 0.25) is 0 Å². The number of aryl methyl sites for hydroxylation is 2. The highest BCUT2D eigenvalue weighted by Gasteiger charge is 2.14. The zero-order chi connectivity index (χ0) is 12.4. The second-order valence-electron chi connectivity index (χ2n) is 3.90. The molecule has 2 aromatic heterocycles. The van der Waals surface area contributed by atoms with Gasteiger partial charge in [-0.05, 0) is 25.0 Å². The summed E-state index contributed by atoms with van der Waals surface area (Å²) in [4.78, 5) is 0. The fourth-order valence-corrected chi connectivity index (χ4v) is 1.88. The molecule has 0 aliphatic heterocycles. The number of fused-ring (bicyclic) bond motifs is 1. The van der Waals surface area contributed by atoms with Crippen LogP contribution in [0.15, 0.2) is 12.1 Å². The van der Waals surface area contributed by atoms with Crippen molar-refractivity contribution in [2.45, 2.75) is 20.3 Å². The first-order valence-electron chi connectivity index (χ1n) is 5.69. The molecule has 2 rings (SSSR count). The van der Waals surface area contributed by atoms with Gasteiger partial charge in [0.15, 0.2) is 0 Å². The maximum atomic E-state index is 8.75. The molecule has 5 nitrogen and oxygen atoms in total. The molecule has 0 spiro atoms. The van der Waals surface area contributed by atoms with E-state index < -0.39 is 0 Å². The molecule has 0 bridgehead atoms.